The van der Waals surface area contributed by atoms with E-state index in [1.807, 2.05) is 44.7 Å². The molecule has 0 spiro atoms. The lowest BCUT2D eigenvalue weighted by molar-refractivity contribution is 0.0635. The fourth-order valence-electron chi connectivity index (χ4n) is 5.65. The molecule has 2 aliphatic rings. The van der Waals surface area contributed by atoms with Gasteiger partial charge in [0, 0.05) is 47.9 Å². The van der Waals surface area contributed by atoms with Crippen LogP contribution in [0.5, 0.6) is 0 Å². The number of carbonyl (C=O) groups is 2. The van der Waals surface area contributed by atoms with E-state index in [-0.39, 0.29) is 12.0 Å². The van der Waals surface area contributed by atoms with Gasteiger partial charge in [-0.3, -0.25) is 10.2 Å². The molecule has 1 aliphatic carbocycles. The number of hydrogen-bond donors (Lipinski definition) is 1. The first kappa shape index (κ1) is 29.4. The predicted octanol–water partition coefficient (Wildman–Crippen LogP) is 7.32. The first-order valence-electron chi connectivity index (χ1n) is 14.1. The third kappa shape index (κ3) is 6.54. The average molecular weight is 668 g/mol. The minimum Gasteiger partial charge on any atom is -0.448 e. The maximum atomic E-state index is 13.1. The molecule has 0 aromatic heterocycles. The maximum absolute atomic E-state index is 13.1. The molecule has 1 N–H and O–H groups in total. The Morgan fingerprint density at radius 1 is 0.927 bits per heavy atom. The standard InChI is InChI=1S/C33H38IN3O4/c1-21-23(18-29(22(2)30(21)34)35-31(38)41-33(3,4)5)19-36-14-16-37(17-15-36)32(39)40-20-28-26-12-8-6-10-24(26)25-11-7-9-13-27(25)28/h6-13,18,28H,14-17,19-20H2,1-5H3,(H,35,38). The average Bonchev–Trinajstić information content (AvgIpc) is 3.26. The van der Waals surface area contributed by atoms with Gasteiger partial charge in [-0.2, -0.15) is 0 Å². The molecule has 0 unspecified atom stereocenters. The van der Waals surface area contributed by atoms with Crippen molar-refractivity contribution in [3.05, 3.63) is 86.0 Å². The SMILES string of the molecule is Cc1c(CN2CCN(C(=O)OCC3c4ccccc4-c4ccccc43)CC2)cc(NC(=O)OC(C)(C)C)c(C)c1I. The second-order valence-corrected chi connectivity index (χ2v) is 12.9. The molecule has 0 saturated carbocycles. The first-order chi connectivity index (χ1) is 19.5. The third-order valence-corrected chi connectivity index (χ3v) is 9.48. The van der Waals surface area contributed by atoms with Crippen molar-refractivity contribution in [2.45, 2.75) is 52.7 Å². The van der Waals surface area contributed by atoms with Crippen LogP contribution in [0.2, 0.25) is 0 Å². The van der Waals surface area contributed by atoms with Crippen molar-refractivity contribution in [1.82, 2.24) is 9.80 Å². The number of carbonyl (C=O) groups excluding carboxylic acids is 2. The smallest absolute Gasteiger partial charge is 0.412 e. The van der Waals surface area contributed by atoms with Crippen molar-refractivity contribution in [1.29, 1.82) is 0 Å². The summed E-state index contributed by atoms with van der Waals surface area (Å²) in [6.07, 6.45) is -0.709. The number of ether oxygens (including phenoxy) is 2. The molecule has 2 amide bonds. The number of nitrogens with one attached hydrogen (secondary N) is 1. The lowest BCUT2D eigenvalue weighted by Gasteiger charge is -2.34. The Bertz CT molecular complexity index is 1410. The van der Waals surface area contributed by atoms with E-state index in [0.717, 1.165) is 40.0 Å². The molecule has 1 fully saturated rings. The zero-order valence-corrected chi connectivity index (χ0v) is 26.6. The van der Waals surface area contributed by atoms with E-state index in [9.17, 15) is 9.59 Å². The summed E-state index contributed by atoms with van der Waals surface area (Å²) in [6, 6.07) is 18.8. The molecular weight excluding hydrogens is 629 g/mol. The highest BCUT2D eigenvalue weighted by Crippen LogP contribution is 2.44. The van der Waals surface area contributed by atoms with Crippen molar-refractivity contribution in [2.75, 3.05) is 38.1 Å². The van der Waals surface area contributed by atoms with Crippen LogP contribution < -0.4 is 5.32 Å². The normalized spacial score (nSPS) is 15.3. The van der Waals surface area contributed by atoms with E-state index in [0.29, 0.717) is 19.7 Å². The molecule has 1 aliphatic heterocycles. The van der Waals surface area contributed by atoms with Gasteiger partial charge in [0.1, 0.15) is 12.2 Å². The first-order valence-corrected chi connectivity index (χ1v) is 15.2. The van der Waals surface area contributed by atoms with E-state index in [1.165, 1.54) is 27.8 Å². The van der Waals surface area contributed by atoms with Crippen molar-refractivity contribution in [3.63, 3.8) is 0 Å². The molecule has 1 saturated heterocycles. The second-order valence-electron chi connectivity index (χ2n) is 11.8. The van der Waals surface area contributed by atoms with Crippen LogP contribution in [0.1, 0.15) is 54.5 Å². The number of nitrogens with zero attached hydrogens (tertiary/aromatic N) is 2. The Morgan fingerprint density at radius 3 is 2.10 bits per heavy atom. The number of halogens is 1. The van der Waals surface area contributed by atoms with E-state index in [2.05, 4.69) is 82.2 Å². The van der Waals surface area contributed by atoms with Crippen LogP contribution in [0.3, 0.4) is 0 Å². The van der Waals surface area contributed by atoms with Gasteiger partial charge in [0.05, 0.1) is 0 Å². The molecule has 3 aromatic carbocycles. The largest absolute Gasteiger partial charge is 0.448 e. The van der Waals surface area contributed by atoms with Crippen molar-refractivity contribution in [3.8, 4) is 11.1 Å². The summed E-state index contributed by atoms with van der Waals surface area (Å²) >= 11 is 2.35. The summed E-state index contributed by atoms with van der Waals surface area (Å²) in [4.78, 5) is 29.7. The van der Waals surface area contributed by atoms with Crippen LogP contribution in [-0.4, -0.2) is 60.4 Å². The van der Waals surface area contributed by atoms with Gasteiger partial charge in [0.25, 0.3) is 0 Å². The molecule has 0 atom stereocenters. The van der Waals surface area contributed by atoms with Crippen LogP contribution in [0.15, 0.2) is 54.6 Å². The summed E-state index contributed by atoms with van der Waals surface area (Å²) in [7, 11) is 0. The molecule has 5 rings (SSSR count). The summed E-state index contributed by atoms with van der Waals surface area (Å²) in [5, 5.41) is 2.93. The highest BCUT2D eigenvalue weighted by Gasteiger charge is 2.30. The fourth-order valence-corrected chi connectivity index (χ4v) is 6.29. The Balaban J connectivity index is 1.18. The number of fused-ring (bicyclic) bond motifs is 3. The third-order valence-electron chi connectivity index (χ3n) is 7.86. The number of anilines is 1. The zero-order chi connectivity index (χ0) is 29.3. The number of piperazine rings is 1. The quantitative estimate of drug-likeness (QED) is 0.289. The fraction of sp³-hybridized carbons (Fsp3) is 0.394. The monoisotopic (exact) mass is 667 g/mol. The van der Waals surface area contributed by atoms with Gasteiger partial charge in [-0.1, -0.05) is 48.5 Å². The minimum atomic E-state index is -0.564. The highest BCUT2D eigenvalue weighted by molar-refractivity contribution is 14.1. The lowest BCUT2D eigenvalue weighted by Crippen LogP contribution is -2.48. The summed E-state index contributed by atoms with van der Waals surface area (Å²) < 4.78 is 12.5. The summed E-state index contributed by atoms with van der Waals surface area (Å²) in [5.74, 6) is 0.0584. The molecule has 1 heterocycles. The number of benzene rings is 3. The number of rotatable bonds is 5. The molecule has 8 heteroatoms. The van der Waals surface area contributed by atoms with Crippen LogP contribution in [0.25, 0.3) is 11.1 Å². The molecular formula is C33H38IN3O4. The Kier molecular flexibility index (Phi) is 8.61. The van der Waals surface area contributed by atoms with Crippen molar-refractivity contribution in [2.24, 2.45) is 0 Å². The van der Waals surface area contributed by atoms with E-state index in [1.54, 1.807) is 0 Å². The van der Waals surface area contributed by atoms with Gasteiger partial charge < -0.3 is 14.4 Å². The van der Waals surface area contributed by atoms with Crippen molar-refractivity contribution >= 4 is 40.5 Å². The van der Waals surface area contributed by atoms with Gasteiger partial charge in [-0.25, -0.2) is 9.59 Å². The Labute approximate surface area is 256 Å². The summed E-state index contributed by atoms with van der Waals surface area (Å²) in [6.45, 7) is 13.5. The van der Waals surface area contributed by atoms with Crippen LogP contribution >= 0.6 is 22.6 Å². The molecule has 0 radical (unpaired) electrons. The molecule has 41 heavy (non-hydrogen) atoms. The highest BCUT2D eigenvalue weighted by atomic mass is 127. The molecule has 216 valence electrons. The molecule has 0 bridgehead atoms. The zero-order valence-electron chi connectivity index (χ0n) is 24.4. The second kappa shape index (κ2) is 12.0. The van der Waals surface area contributed by atoms with E-state index >= 15 is 0 Å². The van der Waals surface area contributed by atoms with Gasteiger partial charge in [-0.15, -0.1) is 0 Å². The van der Waals surface area contributed by atoms with E-state index < -0.39 is 11.7 Å². The molecule has 3 aromatic rings. The number of hydrogen-bond acceptors (Lipinski definition) is 5. The van der Waals surface area contributed by atoms with Crippen LogP contribution in [-0.2, 0) is 16.0 Å². The number of amides is 2. The Morgan fingerprint density at radius 2 is 1.51 bits per heavy atom. The predicted molar refractivity (Wildman–Crippen MR) is 170 cm³/mol. The maximum Gasteiger partial charge on any atom is 0.412 e. The molecule has 7 nitrogen and oxygen atoms in total. The minimum absolute atomic E-state index is 0.0584. The topological polar surface area (TPSA) is 71.1 Å². The lowest BCUT2D eigenvalue weighted by atomic mass is 9.98. The van der Waals surface area contributed by atoms with Gasteiger partial charge in [0.2, 0.25) is 0 Å². The summed E-state index contributed by atoms with van der Waals surface area (Å²) in [5.41, 5.74) is 8.47. The van der Waals surface area contributed by atoms with Gasteiger partial charge in [0.15, 0.2) is 0 Å². The van der Waals surface area contributed by atoms with Gasteiger partial charge in [-0.05, 0) is 102 Å². The van der Waals surface area contributed by atoms with Crippen molar-refractivity contribution < 1.29 is 19.1 Å². The Hall–Kier alpha value is -3.11. The van der Waals surface area contributed by atoms with Crippen LogP contribution in [0.4, 0.5) is 15.3 Å². The van der Waals surface area contributed by atoms with E-state index in [4.69, 9.17) is 9.47 Å². The van der Waals surface area contributed by atoms with Gasteiger partial charge >= 0.3 is 12.2 Å². The van der Waals surface area contributed by atoms with Crippen LogP contribution in [0, 0.1) is 17.4 Å².